The molecule has 2 atom stereocenters. The highest BCUT2D eigenvalue weighted by atomic mass is 19.1. The van der Waals surface area contributed by atoms with Crippen LogP contribution in [0.2, 0.25) is 0 Å². The van der Waals surface area contributed by atoms with E-state index in [1.165, 1.54) is 6.07 Å². The van der Waals surface area contributed by atoms with Gasteiger partial charge in [0.1, 0.15) is 11.7 Å². The van der Waals surface area contributed by atoms with Gasteiger partial charge in [0.25, 0.3) is 0 Å². The Balaban J connectivity index is 2.46. The van der Waals surface area contributed by atoms with Crippen LogP contribution in [0.5, 0.6) is 0 Å². The fourth-order valence-corrected chi connectivity index (χ4v) is 1.69. The van der Waals surface area contributed by atoms with E-state index in [1.807, 2.05) is 0 Å². The number of rotatable bonds is 2. The molecule has 6 heteroatoms. The quantitative estimate of drug-likeness (QED) is 0.799. The van der Waals surface area contributed by atoms with Crippen LogP contribution in [-0.2, 0) is 9.59 Å². The van der Waals surface area contributed by atoms with E-state index >= 15 is 0 Å². The summed E-state index contributed by atoms with van der Waals surface area (Å²) < 4.78 is 26.2. The van der Waals surface area contributed by atoms with Gasteiger partial charge in [0.05, 0.1) is 0 Å². The van der Waals surface area contributed by atoms with Crippen LogP contribution < -0.4 is 5.32 Å². The van der Waals surface area contributed by atoms with Crippen LogP contribution in [0.15, 0.2) is 18.2 Å². The number of carboxylic acid groups (broad SMARTS) is 1. The van der Waals surface area contributed by atoms with E-state index < -0.39 is 29.8 Å². The monoisotopic (exact) mass is 227 g/mol. The number of halogens is 2. The summed E-state index contributed by atoms with van der Waals surface area (Å²) in [5.74, 6) is -4.63. The molecule has 4 nitrogen and oxygen atoms in total. The van der Waals surface area contributed by atoms with Gasteiger partial charge in [-0.3, -0.25) is 4.79 Å². The zero-order valence-corrected chi connectivity index (χ0v) is 7.91. The standard InChI is InChI=1S/C10H7F2NO3/c11-4-1-2-6-5(3-4)7(9(14)13-6)8(12)10(15)16/h1-3,7-8H,(H,13,14)(H,15,16). The minimum Gasteiger partial charge on any atom is -0.479 e. The third kappa shape index (κ3) is 1.52. The molecular weight excluding hydrogens is 220 g/mol. The Morgan fingerprint density at radius 1 is 1.50 bits per heavy atom. The van der Waals surface area contributed by atoms with Crippen LogP contribution in [0.4, 0.5) is 14.5 Å². The molecule has 2 unspecified atom stereocenters. The van der Waals surface area contributed by atoms with E-state index in [9.17, 15) is 18.4 Å². The van der Waals surface area contributed by atoms with Crippen molar-refractivity contribution >= 4 is 17.6 Å². The summed E-state index contributed by atoms with van der Waals surface area (Å²) in [6.45, 7) is 0. The van der Waals surface area contributed by atoms with E-state index in [1.54, 1.807) is 0 Å². The zero-order valence-electron chi connectivity index (χ0n) is 7.91. The highest BCUT2D eigenvalue weighted by Crippen LogP contribution is 2.36. The Kier molecular flexibility index (Phi) is 2.34. The van der Waals surface area contributed by atoms with Crippen molar-refractivity contribution < 1.29 is 23.5 Å². The molecule has 0 aliphatic carbocycles. The maximum absolute atomic E-state index is 13.3. The van der Waals surface area contributed by atoms with E-state index in [0.717, 1.165) is 12.1 Å². The molecule has 1 aromatic rings. The van der Waals surface area contributed by atoms with Crippen molar-refractivity contribution in [1.29, 1.82) is 0 Å². The Morgan fingerprint density at radius 2 is 2.19 bits per heavy atom. The molecule has 1 aliphatic heterocycles. The number of carbonyl (C=O) groups is 2. The molecule has 84 valence electrons. The van der Waals surface area contributed by atoms with Gasteiger partial charge in [0, 0.05) is 5.69 Å². The van der Waals surface area contributed by atoms with Crippen molar-refractivity contribution in [3.05, 3.63) is 29.6 Å². The van der Waals surface area contributed by atoms with Gasteiger partial charge in [0.2, 0.25) is 12.1 Å². The number of benzene rings is 1. The second kappa shape index (κ2) is 3.55. The van der Waals surface area contributed by atoms with Crippen molar-refractivity contribution in [3.63, 3.8) is 0 Å². The topological polar surface area (TPSA) is 66.4 Å². The number of amides is 1. The summed E-state index contributed by atoms with van der Waals surface area (Å²) in [7, 11) is 0. The fourth-order valence-electron chi connectivity index (χ4n) is 1.69. The van der Waals surface area contributed by atoms with Crippen molar-refractivity contribution in [2.75, 3.05) is 5.32 Å². The number of nitrogens with one attached hydrogen (secondary N) is 1. The second-order valence-electron chi connectivity index (χ2n) is 3.44. The van der Waals surface area contributed by atoms with Gasteiger partial charge in [-0.15, -0.1) is 0 Å². The molecule has 1 amide bonds. The smallest absolute Gasteiger partial charge is 0.339 e. The number of aliphatic carboxylic acids is 1. The van der Waals surface area contributed by atoms with Gasteiger partial charge in [0.15, 0.2) is 0 Å². The minimum absolute atomic E-state index is 0.0416. The summed E-state index contributed by atoms with van der Waals surface area (Å²) in [6.07, 6.45) is -2.37. The normalized spacial score (nSPS) is 20.1. The van der Waals surface area contributed by atoms with Crippen LogP contribution in [0, 0.1) is 5.82 Å². The zero-order chi connectivity index (χ0) is 11.9. The van der Waals surface area contributed by atoms with E-state index in [4.69, 9.17) is 5.11 Å². The van der Waals surface area contributed by atoms with Crippen LogP contribution in [0.1, 0.15) is 11.5 Å². The van der Waals surface area contributed by atoms with Crippen LogP contribution >= 0.6 is 0 Å². The van der Waals surface area contributed by atoms with Gasteiger partial charge in [-0.1, -0.05) is 0 Å². The first-order valence-electron chi connectivity index (χ1n) is 4.48. The van der Waals surface area contributed by atoms with Gasteiger partial charge < -0.3 is 10.4 Å². The Hall–Kier alpha value is -1.98. The molecule has 2 rings (SSSR count). The first-order chi connectivity index (χ1) is 7.50. The molecule has 0 spiro atoms. The molecule has 1 aliphatic rings. The maximum Gasteiger partial charge on any atom is 0.339 e. The average molecular weight is 227 g/mol. The first-order valence-corrected chi connectivity index (χ1v) is 4.48. The predicted octanol–water partition coefficient (Wildman–Crippen LogP) is 1.28. The molecule has 1 heterocycles. The number of alkyl halides is 1. The Labute approximate surface area is 88.9 Å². The van der Waals surface area contributed by atoms with Crippen LogP contribution in [0.3, 0.4) is 0 Å². The summed E-state index contributed by atoms with van der Waals surface area (Å²) in [4.78, 5) is 21.8. The van der Waals surface area contributed by atoms with Gasteiger partial charge >= 0.3 is 5.97 Å². The highest BCUT2D eigenvalue weighted by Gasteiger charge is 2.41. The Morgan fingerprint density at radius 3 is 2.81 bits per heavy atom. The number of anilines is 1. The van der Waals surface area contributed by atoms with Crippen molar-refractivity contribution in [2.24, 2.45) is 0 Å². The van der Waals surface area contributed by atoms with Crippen LogP contribution in [0.25, 0.3) is 0 Å². The lowest BCUT2D eigenvalue weighted by Gasteiger charge is -2.09. The van der Waals surface area contributed by atoms with Crippen molar-refractivity contribution in [2.45, 2.75) is 12.1 Å². The van der Waals surface area contributed by atoms with E-state index in [2.05, 4.69) is 5.32 Å². The number of fused-ring (bicyclic) bond motifs is 1. The van der Waals surface area contributed by atoms with Gasteiger partial charge in [-0.25, -0.2) is 13.6 Å². The number of carbonyl (C=O) groups excluding carboxylic acids is 1. The van der Waals surface area contributed by atoms with E-state index in [0.29, 0.717) is 0 Å². The molecule has 0 radical (unpaired) electrons. The maximum atomic E-state index is 13.3. The van der Waals surface area contributed by atoms with Gasteiger partial charge in [-0.2, -0.15) is 0 Å². The molecule has 0 aromatic heterocycles. The van der Waals surface area contributed by atoms with Crippen molar-refractivity contribution in [1.82, 2.24) is 0 Å². The van der Waals surface area contributed by atoms with Gasteiger partial charge in [-0.05, 0) is 23.8 Å². The molecule has 0 bridgehead atoms. The third-order valence-electron chi connectivity index (χ3n) is 2.42. The largest absolute Gasteiger partial charge is 0.479 e. The SMILES string of the molecule is O=C(O)C(F)C1C(=O)Nc2ccc(F)cc21. The fraction of sp³-hybridized carbons (Fsp3) is 0.200. The van der Waals surface area contributed by atoms with E-state index in [-0.39, 0.29) is 11.3 Å². The lowest BCUT2D eigenvalue weighted by Crippen LogP contribution is -2.28. The summed E-state index contributed by atoms with van der Waals surface area (Å²) in [5.41, 5.74) is 0.292. The first kappa shape index (κ1) is 10.5. The number of carboxylic acids is 1. The summed E-state index contributed by atoms with van der Waals surface area (Å²) >= 11 is 0. The number of hydrogen-bond donors (Lipinski definition) is 2. The van der Waals surface area contributed by atoms with Crippen LogP contribution in [-0.4, -0.2) is 23.2 Å². The molecular formula is C10H7F2NO3. The minimum atomic E-state index is -2.37. The average Bonchev–Trinajstić information content (AvgIpc) is 2.52. The lowest BCUT2D eigenvalue weighted by molar-refractivity contribution is -0.145. The number of hydrogen-bond acceptors (Lipinski definition) is 2. The third-order valence-corrected chi connectivity index (χ3v) is 2.42. The summed E-state index contributed by atoms with van der Waals surface area (Å²) in [6, 6.07) is 3.35. The molecule has 2 N–H and O–H groups in total. The Bertz CT molecular complexity index is 475. The van der Waals surface area contributed by atoms with Crippen molar-refractivity contribution in [3.8, 4) is 0 Å². The molecule has 0 saturated carbocycles. The molecule has 1 aromatic carbocycles. The lowest BCUT2D eigenvalue weighted by atomic mass is 9.96. The second-order valence-corrected chi connectivity index (χ2v) is 3.44. The summed E-state index contributed by atoms with van der Waals surface area (Å²) in [5, 5.41) is 10.8. The molecule has 16 heavy (non-hydrogen) atoms. The highest BCUT2D eigenvalue weighted by molar-refractivity contribution is 6.05. The molecule has 0 saturated heterocycles. The predicted molar refractivity (Wildman–Crippen MR) is 50.3 cm³/mol. The molecule has 0 fully saturated rings.